The van der Waals surface area contributed by atoms with Crippen molar-refractivity contribution in [3.8, 4) is 0 Å². The molecular formula is C10H13ClOS. The first kappa shape index (κ1) is 9.50. The first-order valence-corrected chi connectivity index (χ1v) is 5.92. The number of hydrogen-bond donors (Lipinski definition) is 1. The number of aliphatic hydroxyl groups is 1. The smallest absolute Gasteiger partial charge is 0.0931 e. The van der Waals surface area contributed by atoms with Gasteiger partial charge < -0.3 is 5.11 Å². The van der Waals surface area contributed by atoms with E-state index in [4.69, 9.17) is 11.6 Å². The predicted molar refractivity (Wildman–Crippen MR) is 56.4 cm³/mol. The lowest BCUT2D eigenvalue weighted by atomic mass is 9.98. The van der Waals surface area contributed by atoms with E-state index in [1.54, 1.807) is 11.3 Å². The number of hydrogen-bond acceptors (Lipinski definition) is 2. The van der Waals surface area contributed by atoms with Crippen LogP contribution in [0.2, 0.25) is 4.34 Å². The minimum Gasteiger partial charge on any atom is -0.393 e. The highest BCUT2D eigenvalue weighted by atomic mass is 35.5. The van der Waals surface area contributed by atoms with E-state index in [0.29, 0.717) is 5.92 Å². The molecule has 1 aromatic rings. The molecule has 0 bridgehead atoms. The first-order valence-electron chi connectivity index (χ1n) is 4.66. The highest BCUT2D eigenvalue weighted by Gasteiger charge is 2.25. The van der Waals surface area contributed by atoms with E-state index in [-0.39, 0.29) is 6.10 Å². The van der Waals surface area contributed by atoms with Crippen molar-refractivity contribution < 1.29 is 5.11 Å². The van der Waals surface area contributed by atoms with Crippen molar-refractivity contribution in [2.24, 2.45) is 5.92 Å². The molecule has 3 heteroatoms. The molecule has 0 spiro atoms. The molecule has 1 aliphatic rings. The van der Waals surface area contributed by atoms with Gasteiger partial charge in [0.05, 0.1) is 10.4 Å². The van der Waals surface area contributed by atoms with Gasteiger partial charge in [0.15, 0.2) is 0 Å². The van der Waals surface area contributed by atoms with Crippen LogP contribution in [-0.4, -0.2) is 11.2 Å². The third kappa shape index (κ3) is 2.25. The van der Waals surface area contributed by atoms with Crippen molar-refractivity contribution in [2.45, 2.75) is 31.8 Å². The summed E-state index contributed by atoms with van der Waals surface area (Å²) in [7, 11) is 0. The van der Waals surface area contributed by atoms with Crippen LogP contribution in [0.3, 0.4) is 0 Å². The van der Waals surface area contributed by atoms with Gasteiger partial charge in [-0.2, -0.15) is 0 Å². The van der Waals surface area contributed by atoms with Gasteiger partial charge in [0.2, 0.25) is 0 Å². The molecular weight excluding hydrogens is 204 g/mol. The summed E-state index contributed by atoms with van der Waals surface area (Å²) in [6, 6.07) is 2.01. The van der Waals surface area contributed by atoms with Gasteiger partial charge in [0, 0.05) is 0 Å². The third-order valence-electron chi connectivity index (χ3n) is 2.74. The Balaban J connectivity index is 1.97. The van der Waals surface area contributed by atoms with Gasteiger partial charge in [0.25, 0.3) is 0 Å². The molecule has 1 saturated carbocycles. The van der Waals surface area contributed by atoms with Crippen molar-refractivity contribution >= 4 is 22.9 Å². The van der Waals surface area contributed by atoms with Gasteiger partial charge in [-0.15, -0.1) is 11.3 Å². The van der Waals surface area contributed by atoms with Gasteiger partial charge in [0.1, 0.15) is 0 Å². The second-order valence-electron chi connectivity index (χ2n) is 3.72. The van der Waals surface area contributed by atoms with E-state index in [9.17, 15) is 5.11 Å². The van der Waals surface area contributed by atoms with E-state index in [0.717, 1.165) is 23.6 Å². The van der Waals surface area contributed by atoms with Crippen LogP contribution >= 0.6 is 22.9 Å². The summed E-state index contributed by atoms with van der Waals surface area (Å²) in [5.41, 5.74) is 1.28. The minimum atomic E-state index is -0.0846. The maximum Gasteiger partial charge on any atom is 0.0931 e. The lowest BCUT2D eigenvalue weighted by molar-refractivity contribution is 0.133. The molecule has 1 N–H and O–H groups in total. The summed E-state index contributed by atoms with van der Waals surface area (Å²) in [4.78, 5) is 0. The average molecular weight is 217 g/mol. The maximum absolute atomic E-state index is 9.63. The SMILES string of the molecule is O[C@@H]1CCC[C@H]1Cc1csc(Cl)c1. The van der Waals surface area contributed by atoms with Crippen molar-refractivity contribution in [2.75, 3.05) is 0 Å². The zero-order valence-electron chi connectivity index (χ0n) is 7.37. The number of rotatable bonds is 2. The van der Waals surface area contributed by atoms with E-state index in [2.05, 4.69) is 5.38 Å². The van der Waals surface area contributed by atoms with Crippen LogP contribution in [0, 0.1) is 5.92 Å². The normalized spacial score (nSPS) is 28.2. The highest BCUT2D eigenvalue weighted by molar-refractivity contribution is 7.14. The molecule has 0 aromatic carbocycles. The van der Waals surface area contributed by atoms with E-state index >= 15 is 0 Å². The number of halogens is 1. The molecule has 1 fully saturated rings. The standard InChI is InChI=1S/C10H13ClOS/c11-10-5-7(6-13-10)4-8-2-1-3-9(8)12/h5-6,8-9,12H,1-4H2/t8-,9+/m0/s1. The first-order chi connectivity index (χ1) is 6.25. The van der Waals surface area contributed by atoms with Crippen molar-refractivity contribution in [1.82, 2.24) is 0 Å². The number of thiophene rings is 1. The van der Waals surface area contributed by atoms with Crippen molar-refractivity contribution in [1.29, 1.82) is 0 Å². The van der Waals surface area contributed by atoms with Crippen LogP contribution in [-0.2, 0) is 6.42 Å². The molecule has 0 amide bonds. The molecule has 0 radical (unpaired) electrons. The van der Waals surface area contributed by atoms with Crippen LogP contribution in [0.15, 0.2) is 11.4 Å². The third-order valence-corrected chi connectivity index (χ3v) is 3.88. The Labute approximate surface area is 87.4 Å². The summed E-state index contributed by atoms with van der Waals surface area (Å²) < 4.78 is 0.850. The zero-order chi connectivity index (χ0) is 9.26. The maximum atomic E-state index is 9.63. The van der Waals surface area contributed by atoms with Gasteiger partial charge in [-0.1, -0.05) is 18.0 Å². The van der Waals surface area contributed by atoms with Gasteiger partial charge >= 0.3 is 0 Å². The summed E-state index contributed by atoms with van der Waals surface area (Å²) in [5.74, 6) is 0.464. The topological polar surface area (TPSA) is 20.2 Å². The summed E-state index contributed by atoms with van der Waals surface area (Å²) in [6.45, 7) is 0. The Kier molecular flexibility index (Phi) is 2.92. The fourth-order valence-corrected chi connectivity index (χ4v) is 2.93. The molecule has 1 aromatic heterocycles. The lowest BCUT2D eigenvalue weighted by Gasteiger charge is -2.12. The van der Waals surface area contributed by atoms with Crippen LogP contribution in [0.1, 0.15) is 24.8 Å². The monoisotopic (exact) mass is 216 g/mol. The van der Waals surface area contributed by atoms with Gasteiger partial charge in [-0.25, -0.2) is 0 Å². The summed E-state index contributed by atoms with van der Waals surface area (Å²) >= 11 is 7.41. The van der Waals surface area contributed by atoms with Gasteiger partial charge in [-0.3, -0.25) is 0 Å². The molecule has 72 valence electrons. The van der Waals surface area contributed by atoms with Crippen LogP contribution < -0.4 is 0 Å². The van der Waals surface area contributed by atoms with Crippen molar-refractivity contribution in [3.05, 3.63) is 21.3 Å². The molecule has 0 unspecified atom stereocenters. The Bertz CT molecular complexity index is 284. The average Bonchev–Trinajstić information content (AvgIpc) is 2.64. The Morgan fingerprint density at radius 3 is 2.92 bits per heavy atom. The Morgan fingerprint density at radius 1 is 1.54 bits per heavy atom. The molecule has 2 atom stereocenters. The largest absolute Gasteiger partial charge is 0.393 e. The van der Waals surface area contributed by atoms with E-state index in [1.165, 1.54) is 12.0 Å². The van der Waals surface area contributed by atoms with Crippen LogP contribution in [0.5, 0.6) is 0 Å². The van der Waals surface area contributed by atoms with Crippen LogP contribution in [0.25, 0.3) is 0 Å². The molecule has 1 heterocycles. The fourth-order valence-electron chi connectivity index (χ4n) is 2.01. The molecule has 1 nitrogen and oxygen atoms in total. The molecule has 13 heavy (non-hydrogen) atoms. The molecule has 0 aliphatic heterocycles. The molecule has 2 rings (SSSR count). The minimum absolute atomic E-state index is 0.0846. The summed E-state index contributed by atoms with van der Waals surface area (Å²) in [6.07, 6.45) is 4.21. The Hall–Kier alpha value is -0.0500. The Morgan fingerprint density at radius 2 is 2.38 bits per heavy atom. The second-order valence-corrected chi connectivity index (χ2v) is 5.26. The highest BCUT2D eigenvalue weighted by Crippen LogP contribution is 2.30. The quantitative estimate of drug-likeness (QED) is 0.806. The predicted octanol–water partition coefficient (Wildman–Crippen LogP) is 3.11. The van der Waals surface area contributed by atoms with E-state index < -0.39 is 0 Å². The van der Waals surface area contributed by atoms with E-state index in [1.807, 2.05) is 6.07 Å². The fraction of sp³-hybridized carbons (Fsp3) is 0.600. The molecule has 1 aliphatic carbocycles. The lowest BCUT2D eigenvalue weighted by Crippen LogP contribution is -2.14. The van der Waals surface area contributed by atoms with Gasteiger partial charge in [-0.05, 0) is 42.2 Å². The van der Waals surface area contributed by atoms with Crippen LogP contribution in [0.4, 0.5) is 0 Å². The second kappa shape index (κ2) is 3.99. The molecule has 0 saturated heterocycles. The summed E-state index contributed by atoms with van der Waals surface area (Å²) in [5, 5.41) is 11.7. The van der Waals surface area contributed by atoms with Crippen molar-refractivity contribution in [3.63, 3.8) is 0 Å². The number of aliphatic hydroxyl groups excluding tert-OH is 1. The zero-order valence-corrected chi connectivity index (χ0v) is 8.94.